The summed E-state index contributed by atoms with van der Waals surface area (Å²) in [6.07, 6.45) is 6.28. The van der Waals surface area contributed by atoms with Crippen molar-refractivity contribution in [3.63, 3.8) is 0 Å². The highest BCUT2D eigenvalue weighted by Gasteiger charge is 2.36. The Labute approximate surface area is 161 Å². The lowest BCUT2D eigenvalue weighted by Crippen LogP contribution is -2.44. The average molecular weight is 370 g/mol. The predicted molar refractivity (Wildman–Crippen MR) is 106 cm³/mol. The molecule has 0 bridgehead atoms. The fraction of sp³-hybridized carbons (Fsp3) is 0.500. The van der Waals surface area contributed by atoms with E-state index in [9.17, 15) is 4.79 Å². The normalized spacial score (nSPS) is 17.5. The van der Waals surface area contributed by atoms with Gasteiger partial charge in [-0.3, -0.25) is 4.79 Å². The number of nitrogens with one attached hydrogen (secondary N) is 1. The smallest absolute Gasteiger partial charge is 0.222 e. The molecule has 5 heteroatoms. The van der Waals surface area contributed by atoms with Crippen molar-refractivity contribution in [1.29, 1.82) is 0 Å². The van der Waals surface area contributed by atoms with Crippen LogP contribution in [0.4, 0.5) is 0 Å². The molecule has 146 valence electrons. The zero-order valence-corrected chi connectivity index (χ0v) is 16.5. The maximum atomic E-state index is 13.0. The highest BCUT2D eigenvalue weighted by atomic mass is 16.5. The number of carbonyl (C=O) groups excluding carboxylic acids is 1. The Morgan fingerprint density at radius 3 is 2.37 bits per heavy atom. The van der Waals surface area contributed by atoms with Gasteiger partial charge in [-0.15, -0.1) is 0 Å². The van der Waals surface area contributed by atoms with Crippen molar-refractivity contribution in [3.05, 3.63) is 54.4 Å². The lowest BCUT2D eigenvalue weighted by atomic mass is 9.85. The number of ether oxygens (including phenoxy) is 2. The third-order valence-electron chi connectivity index (χ3n) is 5.52. The maximum Gasteiger partial charge on any atom is 0.222 e. The van der Waals surface area contributed by atoms with Crippen molar-refractivity contribution >= 4 is 5.91 Å². The van der Waals surface area contributed by atoms with Crippen LogP contribution in [0.25, 0.3) is 0 Å². The van der Waals surface area contributed by atoms with Crippen LogP contribution in [0.5, 0.6) is 5.75 Å². The van der Waals surface area contributed by atoms with Crippen LogP contribution in [0.1, 0.15) is 44.7 Å². The molecular weight excluding hydrogens is 340 g/mol. The topological polar surface area (TPSA) is 52.5 Å². The summed E-state index contributed by atoms with van der Waals surface area (Å²) in [6.45, 7) is 5.64. The van der Waals surface area contributed by atoms with Gasteiger partial charge in [0.15, 0.2) is 0 Å². The molecule has 1 aromatic heterocycles. The first kappa shape index (κ1) is 19.5. The van der Waals surface area contributed by atoms with E-state index in [1.807, 2.05) is 36.4 Å². The number of rotatable bonds is 7. The minimum absolute atomic E-state index is 0.0232. The highest BCUT2D eigenvalue weighted by molar-refractivity contribution is 5.77. The lowest BCUT2D eigenvalue weighted by Gasteiger charge is -2.39. The second-order valence-electron chi connectivity index (χ2n) is 7.67. The van der Waals surface area contributed by atoms with E-state index < -0.39 is 0 Å². The minimum atomic E-state index is -0.201. The third-order valence-corrected chi connectivity index (χ3v) is 5.52. The number of aromatic nitrogens is 1. The van der Waals surface area contributed by atoms with Crippen LogP contribution >= 0.6 is 0 Å². The molecule has 1 amide bonds. The summed E-state index contributed by atoms with van der Waals surface area (Å²) in [6, 6.07) is 11.9. The van der Waals surface area contributed by atoms with Crippen molar-refractivity contribution in [2.75, 3.05) is 20.3 Å². The van der Waals surface area contributed by atoms with Crippen LogP contribution in [0.2, 0.25) is 0 Å². The monoisotopic (exact) mass is 370 g/mol. The van der Waals surface area contributed by atoms with Crippen molar-refractivity contribution in [1.82, 2.24) is 9.88 Å². The quantitative estimate of drug-likeness (QED) is 0.804. The molecule has 1 aliphatic rings. The van der Waals surface area contributed by atoms with Gasteiger partial charge in [0.1, 0.15) is 5.75 Å². The van der Waals surface area contributed by atoms with Crippen molar-refractivity contribution < 1.29 is 14.3 Å². The van der Waals surface area contributed by atoms with Gasteiger partial charge in [-0.1, -0.05) is 26.0 Å². The Bertz CT molecular complexity index is 717. The fourth-order valence-corrected chi connectivity index (χ4v) is 3.90. The predicted octanol–water partition coefficient (Wildman–Crippen LogP) is 3.91. The molecule has 0 spiro atoms. The lowest BCUT2D eigenvalue weighted by molar-refractivity contribution is -0.125. The van der Waals surface area contributed by atoms with Crippen LogP contribution < -0.4 is 10.1 Å². The van der Waals surface area contributed by atoms with Gasteiger partial charge < -0.3 is 19.4 Å². The molecule has 0 aliphatic carbocycles. The van der Waals surface area contributed by atoms with Gasteiger partial charge in [0.2, 0.25) is 5.91 Å². The third kappa shape index (κ3) is 4.53. The number of benzene rings is 1. The molecule has 2 aromatic rings. The SMILES string of the molecule is COc1ccc([C@@H](NC(=O)CC2(n3cccc3)CCOCC2)C(C)C)cc1. The van der Waals surface area contributed by atoms with E-state index in [4.69, 9.17) is 9.47 Å². The molecule has 1 N–H and O–H groups in total. The number of amides is 1. The summed E-state index contributed by atoms with van der Waals surface area (Å²) >= 11 is 0. The second kappa shape index (κ2) is 8.61. The second-order valence-corrected chi connectivity index (χ2v) is 7.67. The minimum Gasteiger partial charge on any atom is -0.497 e. The summed E-state index contributed by atoms with van der Waals surface area (Å²) in [5.41, 5.74) is 0.897. The molecule has 1 atom stereocenters. The molecule has 1 fully saturated rings. The Morgan fingerprint density at radius 2 is 1.81 bits per heavy atom. The van der Waals surface area contributed by atoms with Gasteiger partial charge in [-0.05, 0) is 48.6 Å². The van der Waals surface area contributed by atoms with Gasteiger partial charge in [0.05, 0.1) is 25.1 Å². The van der Waals surface area contributed by atoms with Gasteiger partial charge >= 0.3 is 0 Å². The fourth-order valence-electron chi connectivity index (χ4n) is 3.90. The maximum absolute atomic E-state index is 13.0. The number of nitrogens with zero attached hydrogens (tertiary/aromatic N) is 1. The van der Waals surface area contributed by atoms with Crippen LogP contribution in [0, 0.1) is 5.92 Å². The van der Waals surface area contributed by atoms with Crippen LogP contribution in [-0.2, 0) is 15.1 Å². The van der Waals surface area contributed by atoms with Crippen LogP contribution in [0.15, 0.2) is 48.8 Å². The number of hydrogen-bond acceptors (Lipinski definition) is 3. The summed E-state index contributed by atoms with van der Waals surface area (Å²) in [5, 5.41) is 3.27. The summed E-state index contributed by atoms with van der Waals surface area (Å²) in [7, 11) is 1.66. The Hall–Kier alpha value is -2.27. The van der Waals surface area contributed by atoms with E-state index in [1.54, 1.807) is 7.11 Å². The van der Waals surface area contributed by atoms with E-state index in [0.29, 0.717) is 25.6 Å². The molecule has 2 heterocycles. The molecule has 27 heavy (non-hydrogen) atoms. The van der Waals surface area contributed by atoms with Crippen LogP contribution in [-0.4, -0.2) is 30.8 Å². The van der Waals surface area contributed by atoms with Gasteiger partial charge in [-0.25, -0.2) is 0 Å². The van der Waals surface area contributed by atoms with Crippen LogP contribution in [0.3, 0.4) is 0 Å². The van der Waals surface area contributed by atoms with Crippen molar-refractivity contribution in [2.24, 2.45) is 5.92 Å². The first-order valence-corrected chi connectivity index (χ1v) is 9.68. The number of carbonyl (C=O) groups is 1. The molecule has 0 saturated carbocycles. The van der Waals surface area contributed by atoms with E-state index in [-0.39, 0.29) is 17.5 Å². The molecule has 0 radical (unpaired) electrons. The summed E-state index contributed by atoms with van der Waals surface area (Å²) in [4.78, 5) is 13.0. The van der Waals surface area contributed by atoms with E-state index in [2.05, 4.69) is 36.1 Å². The van der Waals surface area contributed by atoms with Gasteiger partial charge in [0, 0.05) is 25.6 Å². The summed E-state index contributed by atoms with van der Waals surface area (Å²) in [5.74, 6) is 1.20. The van der Waals surface area contributed by atoms with E-state index >= 15 is 0 Å². The molecular formula is C22H30N2O3. The average Bonchev–Trinajstić information content (AvgIpc) is 3.22. The Balaban J connectivity index is 1.74. The largest absolute Gasteiger partial charge is 0.497 e. The highest BCUT2D eigenvalue weighted by Crippen LogP contribution is 2.33. The molecule has 0 unspecified atom stereocenters. The molecule has 3 rings (SSSR count). The molecule has 5 nitrogen and oxygen atoms in total. The van der Waals surface area contributed by atoms with Gasteiger partial charge in [0.25, 0.3) is 0 Å². The molecule has 1 aromatic carbocycles. The molecule has 1 saturated heterocycles. The number of hydrogen-bond donors (Lipinski definition) is 1. The Kier molecular flexibility index (Phi) is 6.22. The zero-order chi connectivity index (χ0) is 19.3. The van der Waals surface area contributed by atoms with E-state index in [0.717, 1.165) is 24.2 Å². The van der Waals surface area contributed by atoms with Crippen molar-refractivity contribution in [3.8, 4) is 5.75 Å². The molecule has 1 aliphatic heterocycles. The first-order chi connectivity index (χ1) is 13.0. The standard InChI is InChI=1S/C22H30N2O3/c1-17(2)21(18-6-8-19(26-3)9-7-18)23-20(25)16-22(10-14-27-15-11-22)24-12-4-5-13-24/h4-9,12-13,17,21H,10-11,14-16H2,1-3H3,(H,23,25)/t21-/m0/s1. The van der Waals surface area contributed by atoms with E-state index in [1.165, 1.54) is 0 Å². The van der Waals surface area contributed by atoms with Crippen molar-refractivity contribution in [2.45, 2.75) is 44.7 Å². The number of methoxy groups -OCH3 is 1. The summed E-state index contributed by atoms with van der Waals surface area (Å²) < 4.78 is 13.0. The zero-order valence-electron chi connectivity index (χ0n) is 16.5. The van der Waals surface area contributed by atoms with Gasteiger partial charge in [-0.2, -0.15) is 0 Å². The Morgan fingerprint density at radius 1 is 1.19 bits per heavy atom. The first-order valence-electron chi connectivity index (χ1n) is 9.68.